The number of nitrogens with zero attached hydrogens (tertiary/aromatic N) is 5. The molecule has 0 saturated carbocycles. The van der Waals surface area contributed by atoms with Crippen molar-refractivity contribution in [2.75, 3.05) is 50.0 Å². The maximum absolute atomic E-state index is 16.5. The summed E-state index contributed by atoms with van der Waals surface area (Å²) in [5.74, 6) is -5.22. The fraction of sp³-hybridized carbons (Fsp3) is 0.516. The number of piperazine rings is 1. The van der Waals surface area contributed by atoms with Crippen molar-refractivity contribution in [1.82, 2.24) is 25.2 Å². The molecule has 3 aliphatic rings. The Bertz CT molecular complexity index is 1720. The molecule has 3 fully saturated rings. The third-order valence-corrected chi connectivity index (χ3v) is 8.82. The molecule has 0 aliphatic carbocycles. The number of rotatable bonds is 6. The van der Waals surface area contributed by atoms with Crippen LogP contribution in [0.3, 0.4) is 0 Å². The standard InChI is InChI=1S/C29H27F10N7O.C2H6/c30-17-11-19(40)42-24(21(17)29(37,38)39)20-16(28(34,35)36)10-15-23(22(20)33)43-26(47-13-27-3-1-6-46(27)7-2-4-27)44-25(15)45-8-5-41-14(12-45)9-18(31)32;1-2/h9-11,14,41H,1-8,12-13H2,(H2,40,42);1-2H3. The van der Waals surface area contributed by atoms with E-state index in [0.29, 0.717) is 12.1 Å². The van der Waals surface area contributed by atoms with Gasteiger partial charge in [-0.25, -0.2) is 13.8 Å². The van der Waals surface area contributed by atoms with Gasteiger partial charge in [-0.15, -0.1) is 0 Å². The summed E-state index contributed by atoms with van der Waals surface area (Å²) in [5, 5.41) is 2.23. The van der Waals surface area contributed by atoms with Gasteiger partial charge < -0.3 is 20.7 Å². The molecule has 2 aromatic heterocycles. The van der Waals surface area contributed by atoms with Crippen LogP contribution in [-0.4, -0.2) is 70.8 Å². The fourth-order valence-corrected chi connectivity index (χ4v) is 6.83. The monoisotopic (exact) mass is 709 g/mol. The lowest BCUT2D eigenvalue weighted by Crippen LogP contribution is -2.50. The molecule has 1 aromatic carbocycles. The Labute approximate surface area is 274 Å². The molecular weight excluding hydrogens is 676 g/mol. The first-order chi connectivity index (χ1) is 23.1. The van der Waals surface area contributed by atoms with E-state index < -0.39 is 81.2 Å². The van der Waals surface area contributed by atoms with Gasteiger partial charge in [0.1, 0.15) is 35.1 Å². The van der Waals surface area contributed by atoms with Crippen LogP contribution in [0.1, 0.15) is 50.7 Å². The quantitative estimate of drug-likeness (QED) is 0.260. The van der Waals surface area contributed by atoms with E-state index in [4.69, 9.17) is 10.5 Å². The van der Waals surface area contributed by atoms with Crippen LogP contribution in [0.25, 0.3) is 22.2 Å². The van der Waals surface area contributed by atoms with Gasteiger partial charge in [0.15, 0.2) is 5.82 Å². The Balaban J connectivity index is 0.00000230. The van der Waals surface area contributed by atoms with Crippen molar-refractivity contribution in [2.45, 2.75) is 63.5 Å². The van der Waals surface area contributed by atoms with E-state index in [9.17, 15) is 39.5 Å². The lowest BCUT2D eigenvalue weighted by molar-refractivity contribution is -0.141. The lowest BCUT2D eigenvalue weighted by Gasteiger charge is -2.34. The van der Waals surface area contributed by atoms with Crippen LogP contribution < -0.4 is 20.7 Å². The Morgan fingerprint density at radius 3 is 2.29 bits per heavy atom. The third-order valence-electron chi connectivity index (χ3n) is 8.82. The Kier molecular flexibility index (Phi) is 10.2. The first kappa shape index (κ1) is 36.4. The van der Waals surface area contributed by atoms with Crippen molar-refractivity contribution in [1.29, 1.82) is 0 Å². The number of hydrogen-bond acceptors (Lipinski definition) is 8. The van der Waals surface area contributed by atoms with Crippen LogP contribution in [0.2, 0.25) is 0 Å². The molecule has 3 aromatic rings. The molecular formula is C31H33F10N7O. The predicted octanol–water partition coefficient (Wildman–Crippen LogP) is 7.18. The molecule has 0 amide bonds. The topological polar surface area (TPSA) is 92.4 Å². The summed E-state index contributed by atoms with van der Waals surface area (Å²) in [6.07, 6.45) is -9.20. The Morgan fingerprint density at radius 2 is 1.67 bits per heavy atom. The number of nitrogens with one attached hydrogen (secondary N) is 1. The number of pyridine rings is 1. The molecule has 268 valence electrons. The third kappa shape index (κ3) is 7.20. The average Bonchev–Trinajstić information content (AvgIpc) is 3.60. The Morgan fingerprint density at radius 1 is 1.00 bits per heavy atom. The zero-order valence-electron chi connectivity index (χ0n) is 26.4. The van der Waals surface area contributed by atoms with E-state index in [0.717, 1.165) is 38.8 Å². The number of halogens is 10. The minimum Gasteiger partial charge on any atom is -0.461 e. The maximum atomic E-state index is 16.5. The van der Waals surface area contributed by atoms with Crippen LogP contribution in [0.15, 0.2) is 24.3 Å². The van der Waals surface area contributed by atoms with Crippen molar-refractivity contribution in [3.05, 3.63) is 47.1 Å². The van der Waals surface area contributed by atoms with Crippen molar-refractivity contribution < 1.29 is 48.6 Å². The number of anilines is 2. The molecule has 49 heavy (non-hydrogen) atoms. The van der Waals surface area contributed by atoms with Gasteiger partial charge in [0.25, 0.3) is 6.08 Å². The highest BCUT2D eigenvalue weighted by Gasteiger charge is 2.46. The van der Waals surface area contributed by atoms with Crippen LogP contribution in [0, 0.1) is 11.6 Å². The van der Waals surface area contributed by atoms with Crippen molar-refractivity contribution in [3.8, 4) is 17.3 Å². The number of nitrogens with two attached hydrogens (primary N) is 1. The zero-order chi connectivity index (χ0) is 35.9. The zero-order valence-corrected chi connectivity index (χ0v) is 26.4. The normalized spacial score (nSPS) is 19.4. The molecule has 1 atom stereocenters. The van der Waals surface area contributed by atoms with Crippen LogP contribution in [0.5, 0.6) is 6.01 Å². The number of ether oxygens (including phenoxy) is 1. The van der Waals surface area contributed by atoms with Gasteiger partial charge in [-0.2, -0.15) is 45.1 Å². The second-order valence-electron chi connectivity index (χ2n) is 11.8. The van der Waals surface area contributed by atoms with Crippen molar-refractivity contribution in [2.24, 2.45) is 0 Å². The first-order valence-corrected chi connectivity index (χ1v) is 15.6. The van der Waals surface area contributed by atoms with E-state index in [1.54, 1.807) is 0 Å². The predicted molar refractivity (Wildman–Crippen MR) is 161 cm³/mol. The first-order valence-electron chi connectivity index (χ1n) is 15.6. The van der Waals surface area contributed by atoms with E-state index in [-0.39, 0.29) is 43.7 Å². The highest BCUT2D eigenvalue weighted by atomic mass is 19.4. The second-order valence-corrected chi connectivity index (χ2v) is 11.8. The number of benzene rings is 1. The van der Waals surface area contributed by atoms with E-state index in [1.807, 2.05) is 13.8 Å². The molecule has 3 saturated heterocycles. The minimum absolute atomic E-state index is 0.0203. The summed E-state index contributed by atoms with van der Waals surface area (Å²) < 4.78 is 149. The molecule has 0 spiro atoms. The molecule has 18 heteroatoms. The van der Waals surface area contributed by atoms with E-state index >= 15 is 4.39 Å². The summed E-state index contributed by atoms with van der Waals surface area (Å²) >= 11 is 0. The van der Waals surface area contributed by atoms with E-state index in [2.05, 4.69) is 25.2 Å². The minimum atomic E-state index is -5.60. The molecule has 3 N–H and O–H groups in total. The summed E-state index contributed by atoms with van der Waals surface area (Å²) in [4.78, 5) is 15.2. The van der Waals surface area contributed by atoms with Crippen molar-refractivity contribution >= 4 is 22.5 Å². The number of hydrogen-bond donors (Lipinski definition) is 2. The fourth-order valence-electron chi connectivity index (χ4n) is 6.83. The van der Waals surface area contributed by atoms with Crippen LogP contribution >= 0.6 is 0 Å². The maximum Gasteiger partial charge on any atom is 0.421 e. The molecule has 0 radical (unpaired) electrons. The molecule has 6 rings (SSSR count). The molecule has 8 nitrogen and oxygen atoms in total. The average molecular weight is 710 g/mol. The molecule has 5 heterocycles. The summed E-state index contributed by atoms with van der Waals surface area (Å²) in [5.41, 5.74) is -3.47. The number of fused-ring (bicyclic) bond motifs is 2. The van der Waals surface area contributed by atoms with Gasteiger partial charge in [-0.1, -0.05) is 13.8 Å². The summed E-state index contributed by atoms with van der Waals surface area (Å²) in [7, 11) is 0. The Hall–Kier alpha value is -3.93. The molecule has 1 unspecified atom stereocenters. The van der Waals surface area contributed by atoms with Gasteiger partial charge in [0.05, 0.1) is 22.4 Å². The molecule has 0 bridgehead atoms. The lowest BCUT2D eigenvalue weighted by atomic mass is 9.95. The number of alkyl halides is 6. The van der Waals surface area contributed by atoms with Gasteiger partial charge in [0, 0.05) is 37.1 Å². The summed E-state index contributed by atoms with van der Waals surface area (Å²) in [6.45, 7) is 5.52. The smallest absolute Gasteiger partial charge is 0.421 e. The largest absolute Gasteiger partial charge is 0.461 e. The van der Waals surface area contributed by atoms with Crippen LogP contribution in [0.4, 0.5) is 55.5 Å². The van der Waals surface area contributed by atoms with Crippen LogP contribution in [-0.2, 0) is 12.4 Å². The van der Waals surface area contributed by atoms with E-state index in [1.165, 1.54) is 4.90 Å². The van der Waals surface area contributed by atoms with Gasteiger partial charge in [0.2, 0.25) is 0 Å². The second kappa shape index (κ2) is 13.8. The molecule has 3 aliphatic heterocycles. The van der Waals surface area contributed by atoms with Crippen molar-refractivity contribution in [3.63, 3.8) is 0 Å². The highest BCUT2D eigenvalue weighted by molar-refractivity contribution is 5.95. The summed E-state index contributed by atoms with van der Waals surface area (Å²) in [6, 6.07) is -0.968. The SMILES string of the molecule is CC.Nc1cc(F)c(C(F)(F)F)c(-c2c(C(F)(F)F)cc3c(N4CCNC(C=C(F)F)C4)nc(OCC45CCCN4CCC5)nc3c2F)n1. The number of nitrogen functional groups attached to an aromatic ring is 1. The van der Waals surface area contributed by atoms with Gasteiger partial charge in [-0.05, 0) is 50.9 Å². The number of aromatic nitrogens is 3. The van der Waals surface area contributed by atoms with Gasteiger partial charge >= 0.3 is 18.4 Å². The highest BCUT2D eigenvalue weighted by Crippen LogP contribution is 2.47. The van der Waals surface area contributed by atoms with Gasteiger partial charge in [-0.3, -0.25) is 4.90 Å².